The molecule has 0 amide bonds. The van der Waals surface area contributed by atoms with Gasteiger partial charge in [-0.2, -0.15) is 5.01 Å². The Balaban J connectivity index is 2.07. The first-order valence-electron chi connectivity index (χ1n) is 7.02. The molecule has 0 radical (unpaired) electrons. The number of hydrogen-bond acceptors (Lipinski definition) is 7. The number of carboxylic acid groups (broad SMARTS) is 1. The van der Waals surface area contributed by atoms with Crippen LogP contribution in [0.5, 0.6) is 11.5 Å². The molecule has 9 heteroatoms. The molecule has 2 aliphatic rings. The Bertz CT molecular complexity index is 681. The summed E-state index contributed by atoms with van der Waals surface area (Å²) in [5.74, 6) is -0.955. The quantitative estimate of drug-likeness (QED) is 0.647. The highest BCUT2D eigenvalue weighted by atomic mass is 35.5. The monoisotopic (exact) mass is 341 g/mol. The van der Waals surface area contributed by atoms with Gasteiger partial charge in [0.05, 0.1) is 11.3 Å². The van der Waals surface area contributed by atoms with Crippen molar-refractivity contribution in [1.82, 2.24) is 9.91 Å². The van der Waals surface area contributed by atoms with Crippen molar-refractivity contribution < 1.29 is 24.2 Å². The number of carboxylic acids is 1. The van der Waals surface area contributed by atoms with Crippen molar-refractivity contribution in [3.8, 4) is 11.5 Å². The molecule has 0 bridgehead atoms. The molecule has 1 aromatic rings. The molecule has 0 aliphatic carbocycles. The van der Waals surface area contributed by atoms with Gasteiger partial charge in [-0.3, -0.25) is 4.79 Å². The number of anilines is 1. The average molecular weight is 342 g/mol. The van der Waals surface area contributed by atoms with Gasteiger partial charge in [0.15, 0.2) is 23.3 Å². The summed E-state index contributed by atoms with van der Waals surface area (Å²) in [5, 5.41) is 10.6. The van der Waals surface area contributed by atoms with Crippen LogP contribution in [0, 0.1) is 0 Å². The number of hydrogen-bond donors (Lipinski definition) is 1. The fourth-order valence-corrected chi connectivity index (χ4v) is 2.94. The number of likely N-dealkylation sites (N-methyl/N-ethyl adjacent to an activating group) is 1. The molecule has 1 aromatic carbocycles. The largest absolute Gasteiger partial charge is 0.480 e. The van der Waals surface area contributed by atoms with Crippen LogP contribution in [0.3, 0.4) is 0 Å². The molecule has 0 saturated carbocycles. The number of carbonyl (C=O) groups is 2. The summed E-state index contributed by atoms with van der Waals surface area (Å²) in [7, 11) is 3.57. The molecule has 1 N–H and O–H groups in total. The van der Waals surface area contributed by atoms with Crippen LogP contribution in [0.4, 0.5) is 5.69 Å². The van der Waals surface area contributed by atoms with Crippen molar-refractivity contribution in [2.45, 2.75) is 19.4 Å². The van der Waals surface area contributed by atoms with Crippen LogP contribution in [0.15, 0.2) is 12.1 Å². The second-order valence-electron chi connectivity index (χ2n) is 5.44. The lowest BCUT2D eigenvalue weighted by molar-refractivity contribution is -0.141. The lowest BCUT2D eigenvalue weighted by Gasteiger charge is -2.38. The Labute approximate surface area is 137 Å². The summed E-state index contributed by atoms with van der Waals surface area (Å²) < 4.78 is 12.4. The molecule has 0 saturated heterocycles. The van der Waals surface area contributed by atoms with Gasteiger partial charge < -0.3 is 14.6 Å². The van der Waals surface area contributed by atoms with Crippen LogP contribution in [-0.2, 0) is 4.79 Å². The van der Waals surface area contributed by atoms with Crippen molar-refractivity contribution in [1.29, 1.82) is 0 Å². The molecular weight excluding hydrogens is 326 g/mol. The summed E-state index contributed by atoms with van der Waals surface area (Å²) in [5.41, 5.74) is 0.566. The Kier molecular flexibility index (Phi) is 3.83. The molecule has 2 unspecified atom stereocenters. The normalized spacial score (nSPS) is 23.3. The smallest absolute Gasteiger partial charge is 0.330 e. The van der Waals surface area contributed by atoms with Crippen molar-refractivity contribution >= 4 is 29.2 Å². The van der Waals surface area contributed by atoms with Gasteiger partial charge in [0.25, 0.3) is 0 Å². The second kappa shape index (κ2) is 5.55. The van der Waals surface area contributed by atoms with Gasteiger partial charge in [0.1, 0.15) is 0 Å². The fourth-order valence-electron chi connectivity index (χ4n) is 2.60. The Morgan fingerprint density at radius 3 is 2.48 bits per heavy atom. The zero-order valence-corrected chi connectivity index (χ0v) is 13.6. The topological polar surface area (TPSA) is 82.6 Å². The van der Waals surface area contributed by atoms with Crippen molar-refractivity contribution in [2.75, 3.05) is 25.2 Å². The van der Waals surface area contributed by atoms with Crippen molar-refractivity contribution in [2.24, 2.45) is 0 Å². The maximum absolute atomic E-state index is 12.6. The number of Topliss-reactive ketones (excluding diaryl/α,β-unsaturated/α-hetero) is 1. The first kappa shape index (κ1) is 15.9. The minimum absolute atomic E-state index is 0.193. The summed E-state index contributed by atoms with van der Waals surface area (Å²) in [6.07, 6.45) is -0.606. The molecule has 23 heavy (non-hydrogen) atoms. The number of halogens is 1. The van der Waals surface area contributed by atoms with E-state index in [1.54, 1.807) is 32.0 Å². The van der Waals surface area contributed by atoms with E-state index in [9.17, 15) is 14.7 Å². The third kappa shape index (κ3) is 2.39. The number of aliphatic carboxylic acids is 1. The summed E-state index contributed by atoms with van der Waals surface area (Å²) in [6.45, 7) is 1.99. The van der Waals surface area contributed by atoms with E-state index in [0.29, 0.717) is 17.2 Å². The van der Waals surface area contributed by atoms with Gasteiger partial charge >= 0.3 is 12.4 Å². The predicted octanol–water partition coefficient (Wildman–Crippen LogP) is 1.15. The van der Waals surface area contributed by atoms with Gasteiger partial charge in [0.2, 0.25) is 0 Å². The van der Waals surface area contributed by atoms with Crippen LogP contribution >= 0.6 is 11.8 Å². The van der Waals surface area contributed by atoms with Gasteiger partial charge in [-0.1, -0.05) is 6.92 Å². The van der Waals surface area contributed by atoms with E-state index < -0.39 is 24.2 Å². The molecule has 0 fully saturated rings. The molecule has 2 aliphatic heterocycles. The van der Waals surface area contributed by atoms with Gasteiger partial charge in [-0.05, 0) is 20.2 Å². The number of nitrogens with zero attached hydrogens (tertiary/aromatic N) is 3. The Hall–Kier alpha value is -2.03. The number of carbonyl (C=O) groups excluding carboxylic acids is 1. The molecule has 2 heterocycles. The first-order chi connectivity index (χ1) is 10.8. The molecule has 8 nitrogen and oxygen atoms in total. The number of ether oxygens (including phenoxy) is 2. The van der Waals surface area contributed by atoms with Crippen molar-refractivity contribution in [3.05, 3.63) is 17.7 Å². The maximum atomic E-state index is 12.6. The van der Waals surface area contributed by atoms with Crippen LogP contribution in [-0.4, -0.2) is 59.9 Å². The van der Waals surface area contributed by atoms with Crippen LogP contribution < -0.4 is 14.0 Å². The van der Waals surface area contributed by atoms with E-state index in [1.807, 2.05) is 0 Å². The third-order valence-electron chi connectivity index (χ3n) is 3.73. The van der Waals surface area contributed by atoms with Crippen LogP contribution in [0.1, 0.15) is 17.3 Å². The summed E-state index contributed by atoms with van der Waals surface area (Å²) in [4.78, 5) is 25.7. The van der Waals surface area contributed by atoms with Gasteiger partial charge in [-0.15, -0.1) is 0 Å². The van der Waals surface area contributed by atoms with E-state index >= 15 is 0 Å². The van der Waals surface area contributed by atoms with Gasteiger partial charge in [0, 0.05) is 24.4 Å². The third-order valence-corrected chi connectivity index (χ3v) is 4.11. The van der Waals surface area contributed by atoms with Gasteiger partial charge in [-0.25, -0.2) is 14.2 Å². The highest BCUT2D eigenvalue weighted by Gasteiger charge is 2.44. The first-order valence-corrected chi connectivity index (χ1v) is 7.36. The minimum atomic E-state index is -1.37. The number of ketones is 1. The predicted molar refractivity (Wildman–Crippen MR) is 81.6 cm³/mol. The SMILES string of the molecule is CCN1C(C(=O)O)C(=O)c2cc3c(cc2N1Cl)OC(N(C)C)O3. The van der Waals surface area contributed by atoms with E-state index in [2.05, 4.69) is 0 Å². The minimum Gasteiger partial charge on any atom is -0.480 e. The van der Waals surface area contributed by atoms with E-state index in [1.165, 1.54) is 11.1 Å². The highest BCUT2D eigenvalue weighted by Crippen LogP contribution is 2.44. The number of fused-ring (bicyclic) bond motifs is 2. The zero-order chi connectivity index (χ0) is 16.9. The number of rotatable bonds is 3. The fraction of sp³-hybridized carbons (Fsp3) is 0.429. The lowest BCUT2D eigenvalue weighted by Crippen LogP contribution is -2.55. The Morgan fingerprint density at radius 1 is 1.35 bits per heavy atom. The molecule has 0 spiro atoms. The van der Waals surface area contributed by atoms with E-state index in [-0.39, 0.29) is 12.1 Å². The molecule has 2 atom stereocenters. The van der Waals surface area contributed by atoms with Crippen molar-refractivity contribution in [3.63, 3.8) is 0 Å². The second-order valence-corrected chi connectivity index (χ2v) is 5.76. The standard InChI is InChI=1S/C14H16ClN3O5/c1-4-17-11(13(20)21)12(19)7-5-9-10(6-8(7)18(17)15)23-14(22-9)16(2)3/h5-6,11,14H,4H2,1-3H3,(H,20,21). The molecular formula is C14H16ClN3O5. The number of hydrazine groups is 1. The van der Waals surface area contributed by atoms with E-state index in [0.717, 1.165) is 4.53 Å². The highest BCUT2D eigenvalue weighted by molar-refractivity contribution is 6.29. The summed E-state index contributed by atoms with van der Waals surface area (Å²) >= 11 is 6.25. The number of benzene rings is 1. The molecule has 0 aromatic heterocycles. The maximum Gasteiger partial charge on any atom is 0.330 e. The zero-order valence-electron chi connectivity index (χ0n) is 12.8. The Morgan fingerprint density at radius 2 is 1.96 bits per heavy atom. The summed E-state index contributed by atoms with van der Waals surface area (Å²) in [6, 6.07) is 1.70. The molecule has 3 rings (SSSR count). The van der Waals surface area contributed by atoms with Crippen LogP contribution in [0.25, 0.3) is 0 Å². The average Bonchev–Trinajstić information content (AvgIpc) is 2.91. The van der Waals surface area contributed by atoms with Crippen LogP contribution in [0.2, 0.25) is 0 Å². The molecule has 124 valence electrons. The van der Waals surface area contributed by atoms with E-state index in [4.69, 9.17) is 21.3 Å². The lowest BCUT2D eigenvalue weighted by atomic mass is 9.99.